The smallest absolute Gasteiger partial charge is 0.0485 e. The van der Waals surface area contributed by atoms with Crippen LogP contribution in [-0.4, -0.2) is 14.1 Å². The van der Waals surface area contributed by atoms with Gasteiger partial charge in [0.15, 0.2) is 0 Å². The lowest BCUT2D eigenvalue weighted by Crippen LogP contribution is -2.10. The fraction of sp³-hybridized carbons (Fsp3) is 0.250. The van der Waals surface area contributed by atoms with Gasteiger partial charge in [-0.05, 0) is 71.5 Å². The molecule has 0 aliphatic carbocycles. The number of hydrogen-bond acceptors (Lipinski definition) is 2. The molecule has 0 aliphatic heterocycles. The summed E-state index contributed by atoms with van der Waals surface area (Å²) in [6.45, 7) is 2.18. The molecule has 2 nitrogen and oxygen atoms in total. The zero-order chi connectivity index (χ0) is 13.8. The van der Waals surface area contributed by atoms with Crippen LogP contribution < -0.4 is 10.2 Å². The predicted octanol–water partition coefficient (Wildman–Crippen LogP) is 4.53. The average Bonchev–Trinajstić information content (AvgIpc) is 2.41. The normalized spacial score (nSPS) is 12.0. The first-order valence-corrected chi connectivity index (χ1v) is 7.43. The fourth-order valence-corrected chi connectivity index (χ4v) is 2.30. The molecular formula is C16H19IN2. The summed E-state index contributed by atoms with van der Waals surface area (Å²) < 4.78 is 1.26. The summed E-state index contributed by atoms with van der Waals surface area (Å²) in [4.78, 5) is 2.11. The maximum atomic E-state index is 3.52. The van der Waals surface area contributed by atoms with Gasteiger partial charge in [0.05, 0.1) is 0 Å². The second-order valence-corrected chi connectivity index (χ2v) is 6.10. The summed E-state index contributed by atoms with van der Waals surface area (Å²) in [5.74, 6) is 0. The van der Waals surface area contributed by atoms with Crippen LogP contribution in [-0.2, 0) is 0 Å². The van der Waals surface area contributed by atoms with Crippen LogP contribution in [0, 0.1) is 3.57 Å². The summed E-state index contributed by atoms with van der Waals surface area (Å²) in [7, 11) is 4.12. The molecule has 100 valence electrons. The van der Waals surface area contributed by atoms with Crippen LogP contribution in [0.5, 0.6) is 0 Å². The van der Waals surface area contributed by atoms with Crippen molar-refractivity contribution in [3.05, 3.63) is 57.7 Å². The molecule has 0 aliphatic rings. The lowest BCUT2D eigenvalue weighted by atomic mass is 10.1. The predicted molar refractivity (Wildman–Crippen MR) is 92.0 cm³/mol. The molecule has 1 atom stereocenters. The molecule has 0 spiro atoms. The third kappa shape index (κ3) is 3.86. The highest BCUT2D eigenvalue weighted by molar-refractivity contribution is 14.1. The molecule has 2 aromatic rings. The van der Waals surface area contributed by atoms with Gasteiger partial charge in [-0.3, -0.25) is 0 Å². The van der Waals surface area contributed by atoms with Gasteiger partial charge in [-0.2, -0.15) is 0 Å². The Balaban J connectivity index is 2.07. The van der Waals surface area contributed by atoms with Gasteiger partial charge in [0.2, 0.25) is 0 Å². The highest BCUT2D eigenvalue weighted by Gasteiger charge is 2.05. The number of anilines is 2. The summed E-state index contributed by atoms with van der Waals surface area (Å²) in [6, 6.07) is 17.4. The van der Waals surface area contributed by atoms with Crippen LogP contribution in [0.4, 0.5) is 11.4 Å². The van der Waals surface area contributed by atoms with E-state index < -0.39 is 0 Å². The Kier molecular flexibility index (Phi) is 4.69. The number of hydrogen-bond donors (Lipinski definition) is 1. The van der Waals surface area contributed by atoms with Crippen molar-refractivity contribution in [2.24, 2.45) is 0 Å². The lowest BCUT2D eigenvalue weighted by molar-refractivity contribution is 0.884. The molecule has 0 radical (unpaired) electrons. The van der Waals surface area contributed by atoms with E-state index in [1.807, 2.05) is 0 Å². The molecule has 2 rings (SSSR count). The maximum Gasteiger partial charge on any atom is 0.0485 e. The van der Waals surface area contributed by atoms with E-state index in [1.165, 1.54) is 14.8 Å². The first kappa shape index (κ1) is 14.2. The van der Waals surface area contributed by atoms with Gasteiger partial charge in [0, 0.05) is 35.1 Å². The second-order valence-electron chi connectivity index (χ2n) is 4.86. The Morgan fingerprint density at radius 3 is 2.05 bits per heavy atom. The number of nitrogens with one attached hydrogen (secondary N) is 1. The zero-order valence-corrected chi connectivity index (χ0v) is 13.7. The van der Waals surface area contributed by atoms with Crippen LogP contribution >= 0.6 is 22.6 Å². The molecule has 1 N–H and O–H groups in total. The van der Waals surface area contributed by atoms with Crippen molar-refractivity contribution in [3.63, 3.8) is 0 Å². The Morgan fingerprint density at radius 2 is 1.53 bits per heavy atom. The minimum Gasteiger partial charge on any atom is -0.379 e. The molecule has 19 heavy (non-hydrogen) atoms. The SMILES string of the molecule is CC(Nc1ccc(I)cc1)c1ccc(N(C)C)cc1. The molecule has 2 aromatic carbocycles. The van der Waals surface area contributed by atoms with E-state index in [1.54, 1.807) is 0 Å². The van der Waals surface area contributed by atoms with E-state index in [0.29, 0.717) is 6.04 Å². The molecule has 0 saturated heterocycles. The van der Waals surface area contributed by atoms with Crippen molar-refractivity contribution in [3.8, 4) is 0 Å². The molecule has 1 unspecified atom stereocenters. The molecule has 0 amide bonds. The second kappa shape index (κ2) is 6.28. The number of halogens is 1. The van der Waals surface area contributed by atoms with Gasteiger partial charge < -0.3 is 10.2 Å². The number of rotatable bonds is 4. The summed E-state index contributed by atoms with van der Waals surface area (Å²) in [5, 5.41) is 3.52. The van der Waals surface area contributed by atoms with Crippen LogP contribution in [0.25, 0.3) is 0 Å². The Morgan fingerprint density at radius 1 is 0.947 bits per heavy atom. The van der Waals surface area contributed by atoms with Crippen LogP contribution in [0.3, 0.4) is 0 Å². The molecule has 0 bridgehead atoms. The van der Waals surface area contributed by atoms with Crippen LogP contribution in [0.2, 0.25) is 0 Å². The molecule has 3 heteroatoms. The summed E-state index contributed by atoms with van der Waals surface area (Å²) in [6.07, 6.45) is 0. The van der Waals surface area contributed by atoms with E-state index in [4.69, 9.17) is 0 Å². The van der Waals surface area contributed by atoms with Crippen molar-refractivity contribution in [2.75, 3.05) is 24.3 Å². The van der Waals surface area contributed by atoms with E-state index in [9.17, 15) is 0 Å². The van der Waals surface area contributed by atoms with Gasteiger partial charge in [-0.1, -0.05) is 12.1 Å². The van der Waals surface area contributed by atoms with E-state index in [0.717, 1.165) is 5.69 Å². The number of benzene rings is 2. The standard InChI is InChI=1S/C16H19IN2/c1-12(18-15-8-6-14(17)7-9-15)13-4-10-16(11-5-13)19(2)3/h4-12,18H,1-3H3. The van der Waals surface area contributed by atoms with Gasteiger partial charge in [0.25, 0.3) is 0 Å². The summed E-state index contributed by atoms with van der Waals surface area (Å²) in [5.41, 5.74) is 3.68. The minimum absolute atomic E-state index is 0.302. The van der Waals surface area contributed by atoms with Crippen molar-refractivity contribution < 1.29 is 0 Å². The topological polar surface area (TPSA) is 15.3 Å². The van der Waals surface area contributed by atoms with E-state index in [2.05, 4.69) is 102 Å². The highest BCUT2D eigenvalue weighted by Crippen LogP contribution is 2.22. The quantitative estimate of drug-likeness (QED) is 0.800. The van der Waals surface area contributed by atoms with Crippen molar-refractivity contribution >= 4 is 34.0 Å². The highest BCUT2D eigenvalue weighted by atomic mass is 127. The van der Waals surface area contributed by atoms with Gasteiger partial charge >= 0.3 is 0 Å². The molecule has 0 heterocycles. The average molecular weight is 366 g/mol. The van der Waals surface area contributed by atoms with Crippen molar-refractivity contribution in [1.29, 1.82) is 0 Å². The van der Waals surface area contributed by atoms with Gasteiger partial charge in [0.1, 0.15) is 0 Å². The van der Waals surface area contributed by atoms with E-state index in [-0.39, 0.29) is 0 Å². The number of nitrogens with zero attached hydrogens (tertiary/aromatic N) is 1. The monoisotopic (exact) mass is 366 g/mol. The van der Waals surface area contributed by atoms with Crippen LogP contribution in [0.15, 0.2) is 48.5 Å². The lowest BCUT2D eigenvalue weighted by Gasteiger charge is -2.18. The summed E-state index contributed by atoms with van der Waals surface area (Å²) >= 11 is 2.32. The van der Waals surface area contributed by atoms with E-state index >= 15 is 0 Å². The zero-order valence-electron chi connectivity index (χ0n) is 11.5. The first-order chi connectivity index (χ1) is 9.06. The molecular weight excluding hydrogens is 347 g/mol. The van der Waals surface area contributed by atoms with Crippen molar-refractivity contribution in [1.82, 2.24) is 0 Å². The minimum atomic E-state index is 0.302. The van der Waals surface area contributed by atoms with Crippen LogP contribution in [0.1, 0.15) is 18.5 Å². The van der Waals surface area contributed by atoms with Gasteiger partial charge in [-0.25, -0.2) is 0 Å². The van der Waals surface area contributed by atoms with Crippen molar-refractivity contribution in [2.45, 2.75) is 13.0 Å². The first-order valence-electron chi connectivity index (χ1n) is 6.35. The molecule has 0 fully saturated rings. The third-order valence-corrected chi connectivity index (χ3v) is 3.86. The molecule has 0 saturated carbocycles. The third-order valence-electron chi connectivity index (χ3n) is 3.14. The maximum absolute atomic E-state index is 3.52. The largest absolute Gasteiger partial charge is 0.379 e. The Bertz CT molecular complexity index is 517. The fourth-order valence-electron chi connectivity index (χ4n) is 1.94. The Hall–Kier alpha value is -1.23. The Labute approximate surface area is 129 Å². The van der Waals surface area contributed by atoms with Gasteiger partial charge in [-0.15, -0.1) is 0 Å². The molecule has 0 aromatic heterocycles.